The number of aromatic nitrogens is 3. The molecule has 1 aromatic heterocycles. The normalized spacial score (nSPS) is 19.5. The largest absolute Gasteiger partial charge is 0.483 e. The van der Waals surface area contributed by atoms with Gasteiger partial charge in [0.15, 0.2) is 6.61 Å². The van der Waals surface area contributed by atoms with Gasteiger partial charge in [-0.05, 0) is 47.9 Å². The van der Waals surface area contributed by atoms with Crippen LogP contribution in [0.2, 0.25) is 0 Å². The van der Waals surface area contributed by atoms with Crippen molar-refractivity contribution in [2.24, 2.45) is 11.8 Å². The van der Waals surface area contributed by atoms with E-state index in [0.717, 1.165) is 11.1 Å². The summed E-state index contributed by atoms with van der Waals surface area (Å²) in [6.07, 6.45) is 0. The number of H-pyrrole nitrogens is 1. The maximum Gasteiger partial charge on any atom is 0.260 e. The molecular formula is C25H26N6O3. The van der Waals surface area contributed by atoms with Crippen LogP contribution in [-0.2, 0) is 4.79 Å². The Morgan fingerprint density at radius 3 is 2.47 bits per heavy atom. The molecule has 2 unspecified atom stereocenters. The van der Waals surface area contributed by atoms with E-state index < -0.39 is 0 Å². The van der Waals surface area contributed by atoms with Crippen molar-refractivity contribution in [3.8, 4) is 11.8 Å². The number of amides is 2. The minimum atomic E-state index is -0.0529. The molecule has 0 bridgehead atoms. The lowest BCUT2D eigenvalue weighted by Gasteiger charge is -2.22. The van der Waals surface area contributed by atoms with Gasteiger partial charge >= 0.3 is 0 Å². The maximum absolute atomic E-state index is 13.0. The Labute approximate surface area is 197 Å². The summed E-state index contributed by atoms with van der Waals surface area (Å²) in [6.45, 7) is 6.56. The quantitative estimate of drug-likeness (QED) is 0.628. The van der Waals surface area contributed by atoms with E-state index in [4.69, 9.17) is 10.00 Å². The van der Waals surface area contributed by atoms with Crippen molar-refractivity contribution in [2.75, 3.05) is 32.8 Å². The fourth-order valence-corrected chi connectivity index (χ4v) is 4.95. The summed E-state index contributed by atoms with van der Waals surface area (Å²) in [4.78, 5) is 29.6. The molecule has 2 aliphatic heterocycles. The van der Waals surface area contributed by atoms with Crippen molar-refractivity contribution in [1.82, 2.24) is 25.2 Å². The minimum Gasteiger partial charge on any atom is -0.483 e. The summed E-state index contributed by atoms with van der Waals surface area (Å²) in [7, 11) is 0. The van der Waals surface area contributed by atoms with Crippen molar-refractivity contribution >= 4 is 22.8 Å². The molecule has 9 heteroatoms. The Balaban J connectivity index is 1.17. The number of carbonyl (C=O) groups excluding carboxylic acids is 2. The van der Waals surface area contributed by atoms with Crippen LogP contribution in [0.5, 0.6) is 5.75 Å². The van der Waals surface area contributed by atoms with Gasteiger partial charge in [-0.15, -0.1) is 0 Å². The number of nitrogens with zero attached hydrogens (tertiary/aromatic N) is 5. The molecule has 3 aromatic rings. The highest BCUT2D eigenvalue weighted by molar-refractivity contribution is 5.97. The van der Waals surface area contributed by atoms with Crippen molar-refractivity contribution in [3.63, 3.8) is 0 Å². The second kappa shape index (κ2) is 8.78. The van der Waals surface area contributed by atoms with E-state index >= 15 is 0 Å². The molecule has 174 valence electrons. The Hall–Kier alpha value is -3.93. The number of benzene rings is 2. The zero-order valence-corrected chi connectivity index (χ0v) is 19.2. The predicted octanol–water partition coefficient (Wildman–Crippen LogP) is 2.56. The SMILES string of the molecule is CC(C)c1cc(C#N)ccc1OCC(=O)N1CC2CN(C(=O)c3ccc4n[nH]nc4c3)CC2C1. The first-order chi connectivity index (χ1) is 16.4. The number of hydrogen-bond donors (Lipinski definition) is 1. The van der Waals surface area contributed by atoms with Gasteiger partial charge in [-0.3, -0.25) is 9.59 Å². The summed E-state index contributed by atoms with van der Waals surface area (Å²) in [6, 6.07) is 12.8. The van der Waals surface area contributed by atoms with Gasteiger partial charge in [-0.2, -0.15) is 20.7 Å². The Bertz CT molecular complexity index is 1280. The molecule has 2 fully saturated rings. The average Bonchev–Trinajstić information content (AvgIpc) is 3.56. The van der Waals surface area contributed by atoms with Gasteiger partial charge in [0.1, 0.15) is 16.8 Å². The molecule has 0 saturated carbocycles. The van der Waals surface area contributed by atoms with Crippen LogP contribution in [0.4, 0.5) is 0 Å². The third-order valence-electron chi connectivity index (χ3n) is 6.80. The summed E-state index contributed by atoms with van der Waals surface area (Å²) in [5, 5.41) is 19.8. The molecule has 1 N–H and O–H groups in total. The van der Waals surface area contributed by atoms with Crippen molar-refractivity contribution in [2.45, 2.75) is 19.8 Å². The first-order valence-corrected chi connectivity index (χ1v) is 11.5. The summed E-state index contributed by atoms with van der Waals surface area (Å²) >= 11 is 0. The van der Waals surface area contributed by atoms with Crippen LogP contribution in [0.15, 0.2) is 36.4 Å². The number of rotatable bonds is 5. The maximum atomic E-state index is 13.0. The minimum absolute atomic E-state index is 0.0115. The summed E-state index contributed by atoms with van der Waals surface area (Å²) in [5.41, 5.74) is 3.50. The number of aromatic amines is 1. The van der Waals surface area contributed by atoms with E-state index in [1.165, 1.54) is 0 Å². The molecule has 0 radical (unpaired) electrons. The van der Waals surface area contributed by atoms with E-state index in [2.05, 4.69) is 21.5 Å². The van der Waals surface area contributed by atoms with Crippen molar-refractivity contribution in [1.29, 1.82) is 5.26 Å². The van der Waals surface area contributed by atoms with Crippen molar-refractivity contribution in [3.05, 3.63) is 53.1 Å². The standard InChI is InChI=1S/C25H26N6O3/c1-15(2)20-7-16(9-26)3-6-23(20)34-14-24(32)30-10-18-12-31(13-19(18)11-30)25(33)17-4-5-21-22(8-17)28-29-27-21/h3-8,15,18-19H,10-14H2,1-2H3,(H,27,28,29). The summed E-state index contributed by atoms with van der Waals surface area (Å²) < 4.78 is 5.86. The summed E-state index contributed by atoms with van der Waals surface area (Å²) in [5.74, 6) is 1.29. The van der Waals surface area contributed by atoms with Gasteiger partial charge in [0.05, 0.1) is 11.6 Å². The molecular weight excluding hydrogens is 432 g/mol. The van der Waals surface area contributed by atoms with E-state index in [9.17, 15) is 9.59 Å². The molecule has 2 amide bonds. The molecule has 5 rings (SSSR count). The van der Waals surface area contributed by atoms with Gasteiger partial charge in [0.2, 0.25) is 0 Å². The number of likely N-dealkylation sites (tertiary alicyclic amines) is 2. The lowest BCUT2D eigenvalue weighted by molar-refractivity contribution is -0.132. The van der Waals surface area contributed by atoms with Gasteiger partial charge in [-0.1, -0.05) is 13.8 Å². The fourth-order valence-electron chi connectivity index (χ4n) is 4.95. The lowest BCUT2D eigenvalue weighted by atomic mass is 10.00. The van der Waals surface area contributed by atoms with Gasteiger partial charge in [-0.25, -0.2) is 0 Å². The van der Waals surface area contributed by atoms with Crippen LogP contribution in [0.25, 0.3) is 11.0 Å². The zero-order valence-electron chi connectivity index (χ0n) is 19.2. The van der Waals surface area contributed by atoms with E-state index in [-0.39, 0.29) is 36.2 Å². The smallest absolute Gasteiger partial charge is 0.260 e. The Morgan fingerprint density at radius 2 is 1.76 bits per heavy atom. The molecule has 2 atom stereocenters. The number of hydrogen-bond acceptors (Lipinski definition) is 6. The molecule has 2 aromatic carbocycles. The molecule has 0 aliphatic carbocycles. The number of nitrogens with one attached hydrogen (secondary N) is 1. The van der Waals surface area contributed by atoms with Crippen LogP contribution in [-0.4, -0.2) is 69.8 Å². The fraction of sp³-hybridized carbons (Fsp3) is 0.400. The average molecular weight is 459 g/mol. The van der Waals surface area contributed by atoms with Crippen molar-refractivity contribution < 1.29 is 14.3 Å². The third kappa shape index (κ3) is 4.07. The van der Waals surface area contributed by atoms with Gasteiger partial charge < -0.3 is 14.5 Å². The van der Waals surface area contributed by atoms with Gasteiger partial charge in [0.25, 0.3) is 11.8 Å². The first kappa shape index (κ1) is 21.9. The third-order valence-corrected chi connectivity index (χ3v) is 6.80. The lowest BCUT2D eigenvalue weighted by Crippen LogP contribution is -2.37. The Kier molecular flexibility index (Phi) is 5.65. The van der Waals surface area contributed by atoms with Crippen LogP contribution in [0, 0.1) is 23.2 Å². The molecule has 2 saturated heterocycles. The highest BCUT2D eigenvalue weighted by atomic mass is 16.5. The number of nitriles is 1. The molecule has 34 heavy (non-hydrogen) atoms. The van der Waals surface area contributed by atoms with Crippen LogP contribution >= 0.6 is 0 Å². The molecule has 2 aliphatic rings. The molecule has 0 spiro atoms. The second-order valence-electron chi connectivity index (χ2n) is 9.36. The van der Waals surface area contributed by atoms with E-state index in [0.29, 0.717) is 48.6 Å². The van der Waals surface area contributed by atoms with Gasteiger partial charge in [0, 0.05) is 43.6 Å². The van der Waals surface area contributed by atoms with Crippen LogP contribution < -0.4 is 4.74 Å². The number of ether oxygens (including phenoxy) is 1. The number of carbonyl (C=O) groups is 2. The monoisotopic (exact) mass is 458 g/mol. The van der Waals surface area contributed by atoms with Crippen LogP contribution in [0.3, 0.4) is 0 Å². The zero-order chi connectivity index (χ0) is 23.8. The topological polar surface area (TPSA) is 115 Å². The highest BCUT2D eigenvalue weighted by Crippen LogP contribution is 2.33. The van der Waals surface area contributed by atoms with Crippen LogP contribution in [0.1, 0.15) is 41.3 Å². The highest BCUT2D eigenvalue weighted by Gasteiger charge is 2.43. The number of fused-ring (bicyclic) bond motifs is 2. The molecule has 3 heterocycles. The first-order valence-electron chi connectivity index (χ1n) is 11.5. The Morgan fingerprint density at radius 1 is 1.06 bits per heavy atom. The molecule has 9 nitrogen and oxygen atoms in total. The van der Waals surface area contributed by atoms with E-state index in [1.54, 1.807) is 30.3 Å². The second-order valence-corrected chi connectivity index (χ2v) is 9.36. The van der Waals surface area contributed by atoms with E-state index in [1.807, 2.05) is 29.7 Å². The predicted molar refractivity (Wildman–Crippen MR) is 124 cm³/mol.